The third-order valence-corrected chi connectivity index (χ3v) is 4.08. The number of nitrogens with zero attached hydrogens (tertiary/aromatic N) is 1. The van der Waals surface area contributed by atoms with Crippen LogP contribution in [0.15, 0.2) is 24.3 Å². The third-order valence-electron chi connectivity index (χ3n) is 4.08. The smallest absolute Gasteiger partial charge is 0.410 e. The maximum Gasteiger partial charge on any atom is 0.410 e. The Bertz CT molecular complexity index is 535. The largest absolute Gasteiger partial charge is 0.444 e. The second-order valence-electron chi connectivity index (χ2n) is 6.77. The zero-order valence-corrected chi connectivity index (χ0v) is 13.0. The number of rotatable bonds is 0. The lowest BCUT2D eigenvalue weighted by molar-refractivity contribution is -0.0833. The normalized spacial score (nSPS) is 25.0. The average Bonchev–Trinajstić information content (AvgIpc) is 2.44. The molecule has 4 heteroatoms. The number of carbonyl (C=O) groups is 1. The molecule has 21 heavy (non-hydrogen) atoms. The van der Waals surface area contributed by atoms with Gasteiger partial charge in [-0.25, -0.2) is 4.79 Å². The lowest BCUT2D eigenvalue weighted by atomic mass is 9.84. The van der Waals surface area contributed by atoms with Gasteiger partial charge in [0.25, 0.3) is 0 Å². The quantitative estimate of drug-likeness (QED) is 0.735. The van der Waals surface area contributed by atoms with E-state index in [0.717, 1.165) is 12.8 Å². The Labute approximate surface area is 126 Å². The predicted octanol–water partition coefficient (Wildman–Crippen LogP) is 3.31. The van der Waals surface area contributed by atoms with E-state index < -0.39 is 5.60 Å². The highest BCUT2D eigenvalue weighted by Gasteiger charge is 2.40. The zero-order chi connectivity index (χ0) is 15.0. The molecule has 0 spiro atoms. The molecule has 4 nitrogen and oxygen atoms in total. The van der Waals surface area contributed by atoms with Crippen molar-refractivity contribution in [2.24, 2.45) is 0 Å². The fourth-order valence-electron chi connectivity index (χ4n) is 3.21. The maximum absolute atomic E-state index is 12.4. The van der Waals surface area contributed by atoms with Crippen molar-refractivity contribution in [2.75, 3.05) is 13.2 Å². The van der Waals surface area contributed by atoms with Gasteiger partial charge in [0, 0.05) is 6.54 Å². The Hall–Kier alpha value is -1.55. The molecule has 1 saturated heterocycles. The van der Waals surface area contributed by atoms with Crippen LogP contribution in [0.1, 0.15) is 44.4 Å². The minimum Gasteiger partial charge on any atom is -0.444 e. The van der Waals surface area contributed by atoms with Gasteiger partial charge in [0.2, 0.25) is 0 Å². The van der Waals surface area contributed by atoms with Gasteiger partial charge in [-0.1, -0.05) is 24.3 Å². The molecule has 1 aliphatic carbocycles. The molecule has 2 aliphatic rings. The first-order valence-electron chi connectivity index (χ1n) is 7.65. The van der Waals surface area contributed by atoms with Gasteiger partial charge in [-0.15, -0.1) is 0 Å². The lowest BCUT2D eigenvalue weighted by Crippen LogP contribution is -2.53. The Kier molecular flexibility index (Phi) is 3.66. The second-order valence-corrected chi connectivity index (χ2v) is 6.77. The molecule has 3 rings (SSSR count). The van der Waals surface area contributed by atoms with E-state index >= 15 is 0 Å². The van der Waals surface area contributed by atoms with E-state index in [-0.39, 0.29) is 18.2 Å². The molecular weight excluding hydrogens is 266 g/mol. The van der Waals surface area contributed by atoms with Crippen LogP contribution in [0.3, 0.4) is 0 Å². The van der Waals surface area contributed by atoms with Crippen molar-refractivity contribution in [3.8, 4) is 0 Å². The van der Waals surface area contributed by atoms with E-state index in [4.69, 9.17) is 9.47 Å². The van der Waals surface area contributed by atoms with Crippen LogP contribution in [-0.4, -0.2) is 35.8 Å². The van der Waals surface area contributed by atoms with Crippen LogP contribution in [0, 0.1) is 0 Å². The zero-order valence-electron chi connectivity index (χ0n) is 13.0. The van der Waals surface area contributed by atoms with Crippen LogP contribution in [-0.2, 0) is 15.9 Å². The first-order chi connectivity index (χ1) is 9.96. The number of fused-ring (bicyclic) bond motifs is 3. The number of aryl methyl sites for hydroxylation is 1. The number of hydrogen-bond donors (Lipinski definition) is 0. The van der Waals surface area contributed by atoms with Crippen LogP contribution in [0.2, 0.25) is 0 Å². The number of ether oxygens (including phenoxy) is 2. The Morgan fingerprint density at radius 1 is 1.33 bits per heavy atom. The molecule has 0 saturated carbocycles. The van der Waals surface area contributed by atoms with E-state index in [0.29, 0.717) is 13.2 Å². The predicted molar refractivity (Wildman–Crippen MR) is 80.2 cm³/mol. The summed E-state index contributed by atoms with van der Waals surface area (Å²) in [6.07, 6.45) is 1.68. The molecule has 2 atom stereocenters. The summed E-state index contributed by atoms with van der Waals surface area (Å²) < 4.78 is 11.5. The molecule has 0 unspecified atom stereocenters. The van der Waals surface area contributed by atoms with Crippen molar-refractivity contribution in [3.05, 3.63) is 35.4 Å². The van der Waals surface area contributed by atoms with Gasteiger partial charge >= 0.3 is 6.09 Å². The number of benzene rings is 1. The summed E-state index contributed by atoms with van der Waals surface area (Å²) in [5.41, 5.74) is 2.10. The lowest BCUT2D eigenvalue weighted by Gasteiger charge is -2.44. The maximum atomic E-state index is 12.4. The summed E-state index contributed by atoms with van der Waals surface area (Å²) in [5.74, 6) is 0. The van der Waals surface area contributed by atoms with E-state index in [1.54, 1.807) is 0 Å². The van der Waals surface area contributed by atoms with Crippen LogP contribution in [0.5, 0.6) is 0 Å². The Morgan fingerprint density at radius 2 is 2.10 bits per heavy atom. The standard InChI is InChI=1S/C17H23NO3/c1-17(2,3)21-16(19)18-10-11-20-15-13-7-5-4-6-12(13)8-9-14(15)18/h4-7,14-15H,8-11H2,1-3H3/t14-,15-/m1/s1. The van der Waals surface area contributed by atoms with Gasteiger partial charge in [0.15, 0.2) is 0 Å². The van der Waals surface area contributed by atoms with Crippen molar-refractivity contribution in [2.45, 2.75) is 51.4 Å². The van der Waals surface area contributed by atoms with Crippen molar-refractivity contribution < 1.29 is 14.3 Å². The van der Waals surface area contributed by atoms with E-state index in [1.807, 2.05) is 31.7 Å². The Morgan fingerprint density at radius 3 is 2.86 bits per heavy atom. The summed E-state index contributed by atoms with van der Waals surface area (Å²) in [5, 5.41) is 0. The van der Waals surface area contributed by atoms with Gasteiger partial charge < -0.3 is 9.47 Å². The molecule has 0 aromatic heterocycles. The fourth-order valence-corrected chi connectivity index (χ4v) is 3.21. The molecule has 1 aromatic rings. The van der Waals surface area contributed by atoms with E-state index in [2.05, 4.69) is 18.2 Å². The van der Waals surface area contributed by atoms with Gasteiger partial charge in [-0.3, -0.25) is 4.90 Å². The summed E-state index contributed by atoms with van der Waals surface area (Å²) in [4.78, 5) is 14.3. The molecule has 1 aliphatic heterocycles. The highest BCUT2D eigenvalue weighted by atomic mass is 16.6. The molecule has 1 fully saturated rings. The minimum atomic E-state index is -0.461. The highest BCUT2D eigenvalue weighted by Crippen LogP contribution is 2.38. The van der Waals surface area contributed by atoms with Crippen LogP contribution in [0.25, 0.3) is 0 Å². The number of hydrogen-bond acceptors (Lipinski definition) is 3. The highest BCUT2D eigenvalue weighted by molar-refractivity contribution is 5.69. The summed E-state index contributed by atoms with van der Waals surface area (Å²) in [7, 11) is 0. The monoisotopic (exact) mass is 289 g/mol. The van der Waals surface area contributed by atoms with Crippen molar-refractivity contribution in [1.82, 2.24) is 4.90 Å². The van der Waals surface area contributed by atoms with Crippen LogP contribution < -0.4 is 0 Å². The molecular formula is C17H23NO3. The number of amides is 1. The van der Waals surface area contributed by atoms with Gasteiger partial charge in [-0.2, -0.15) is 0 Å². The first-order valence-corrected chi connectivity index (χ1v) is 7.65. The van der Waals surface area contributed by atoms with Gasteiger partial charge in [0.05, 0.1) is 12.6 Å². The number of carbonyl (C=O) groups excluding carboxylic acids is 1. The molecule has 1 aromatic carbocycles. The minimum absolute atomic E-state index is 0.0174. The van der Waals surface area contributed by atoms with Gasteiger partial charge in [0.1, 0.15) is 11.7 Å². The topological polar surface area (TPSA) is 38.8 Å². The van der Waals surface area contributed by atoms with Crippen LogP contribution >= 0.6 is 0 Å². The van der Waals surface area contributed by atoms with Crippen molar-refractivity contribution in [1.29, 1.82) is 0 Å². The molecule has 114 valence electrons. The molecule has 1 amide bonds. The van der Waals surface area contributed by atoms with Crippen LogP contribution in [0.4, 0.5) is 4.79 Å². The summed E-state index contributed by atoms with van der Waals surface area (Å²) in [6, 6.07) is 8.46. The fraction of sp³-hybridized carbons (Fsp3) is 0.588. The summed E-state index contributed by atoms with van der Waals surface area (Å²) >= 11 is 0. The van der Waals surface area contributed by atoms with E-state index in [1.165, 1.54) is 11.1 Å². The summed E-state index contributed by atoms with van der Waals surface area (Å²) in [6.45, 7) is 6.88. The third kappa shape index (κ3) is 2.91. The average molecular weight is 289 g/mol. The Balaban J connectivity index is 1.82. The van der Waals surface area contributed by atoms with Crippen molar-refractivity contribution >= 4 is 6.09 Å². The van der Waals surface area contributed by atoms with Crippen molar-refractivity contribution in [3.63, 3.8) is 0 Å². The number of morpholine rings is 1. The van der Waals surface area contributed by atoms with Gasteiger partial charge in [-0.05, 0) is 44.7 Å². The molecule has 0 radical (unpaired) electrons. The SMILES string of the molecule is CC(C)(C)OC(=O)N1CCO[C@@H]2c3ccccc3CC[C@H]21. The second kappa shape index (κ2) is 5.34. The van der Waals surface area contributed by atoms with E-state index in [9.17, 15) is 4.79 Å². The molecule has 1 heterocycles. The first kappa shape index (κ1) is 14.4. The molecule has 0 bridgehead atoms. The molecule has 0 N–H and O–H groups in total.